The predicted octanol–water partition coefficient (Wildman–Crippen LogP) is 3.45. The Bertz CT molecular complexity index is 893. The van der Waals surface area contributed by atoms with Crippen molar-refractivity contribution in [1.82, 2.24) is 0 Å². The normalized spacial score (nSPS) is 34.7. The van der Waals surface area contributed by atoms with Gasteiger partial charge in [-0.3, -0.25) is 4.31 Å². The zero-order valence-electron chi connectivity index (χ0n) is 13.9. The van der Waals surface area contributed by atoms with Crippen LogP contribution in [0.2, 0.25) is 0 Å². The molecule has 2 aliphatic carbocycles. The van der Waals surface area contributed by atoms with Crippen LogP contribution in [0.3, 0.4) is 0 Å². The Hall–Kier alpha value is -1.79. The van der Waals surface area contributed by atoms with Gasteiger partial charge in [0.15, 0.2) is 5.69 Å². The summed E-state index contributed by atoms with van der Waals surface area (Å²) in [7, 11) is -2.20. The Morgan fingerprint density at radius 3 is 2.62 bits per heavy atom. The Morgan fingerprint density at radius 1 is 1.27 bits per heavy atom. The predicted molar refractivity (Wildman–Crippen MR) is 88.3 cm³/mol. The molecular formula is C17H17F3N2O3S. The molecule has 0 spiro atoms. The summed E-state index contributed by atoms with van der Waals surface area (Å²) >= 11 is 0. The van der Waals surface area contributed by atoms with Crippen LogP contribution in [0, 0.1) is 24.3 Å². The average Bonchev–Trinajstić information content (AvgIpc) is 3.23. The third-order valence-corrected chi connectivity index (χ3v) is 8.42. The molecule has 1 aliphatic heterocycles. The van der Waals surface area contributed by atoms with Gasteiger partial charge in [0.05, 0.1) is 23.5 Å². The standard InChI is InChI=1S/C17H17F3N2O3S/c1-21-14-4-3-10(7-13(14)17(18,19)20)22-8-12-9-5-11(15(6-9)25-2)16(12)26(22,23)24/h3-4,7,9,11-12,15-16H,5-6,8H2,2H3/t9-,11+,12+,15+,16-/m0/s1. The highest BCUT2D eigenvalue weighted by Gasteiger charge is 2.63. The number of ether oxygens (including phenoxy) is 1. The van der Waals surface area contributed by atoms with Gasteiger partial charge in [0.1, 0.15) is 0 Å². The van der Waals surface area contributed by atoms with Crippen LogP contribution < -0.4 is 4.31 Å². The number of alkyl halides is 3. The smallest absolute Gasteiger partial charge is 0.381 e. The molecule has 26 heavy (non-hydrogen) atoms. The molecule has 0 amide bonds. The van der Waals surface area contributed by atoms with Crippen molar-refractivity contribution in [3.05, 3.63) is 35.2 Å². The number of methoxy groups -OCH3 is 1. The number of hydrogen-bond donors (Lipinski definition) is 0. The molecule has 1 saturated heterocycles. The number of halogens is 3. The van der Waals surface area contributed by atoms with Crippen LogP contribution in [0.5, 0.6) is 0 Å². The van der Waals surface area contributed by atoms with E-state index in [9.17, 15) is 21.6 Å². The molecule has 1 heterocycles. The lowest BCUT2D eigenvalue weighted by atomic mass is 9.86. The summed E-state index contributed by atoms with van der Waals surface area (Å²) < 4.78 is 72.3. The number of sulfonamides is 1. The summed E-state index contributed by atoms with van der Waals surface area (Å²) in [6.45, 7) is 7.10. The van der Waals surface area contributed by atoms with Gasteiger partial charge in [-0.1, -0.05) is 6.07 Å². The average molecular weight is 386 g/mol. The van der Waals surface area contributed by atoms with Gasteiger partial charge in [0, 0.05) is 25.3 Å². The van der Waals surface area contributed by atoms with Crippen LogP contribution in [-0.4, -0.2) is 33.4 Å². The van der Waals surface area contributed by atoms with Crippen LogP contribution >= 0.6 is 0 Å². The Labute approximate surface area is 149 Å². The highest BCUT2D eigenvalue weighted by Crippen LogP contribution is 2.56. The number of benzene rings is 1. The highest BCUT2D eigenvalue weighted by molar-refractivity contribution is 7.93. The lowest BCUT2D eigenvalue weighted by molar-refractivity contribution is -0.136. The van der Waals surface area contributed by atoms with E-state index in [1.54, 1.807) is 7.11 Å². The lowest BCUT2D eigenvalue weighted by Gasteiger charge is -2.28. The van der Waals surface area contributed by atoms with E-state index in [0.29, 0.717) is 0 Å². The van der Waals surface area contributed by atoms with Gasteiger partial charge >= 0.3 is 6.18 Å². The van der Waals surface area contributed by atoms with Crippen molar-refractivity contribution in [2.45, 2.75) is 30.4 Å². The molecule has 140 valence electrons. The van der Waals surface area contributed by atoms with Crippen LogP contribution in [0.15, 0.2) is 18.2 Å². The molecule has 5 nitrogen and oxygen atoms in total. The SMILES string of the molecule is [C-]#[N+]c1ccc(N2C[C@@H]3[C@H]4C[C@@H]([C@@H]3S2(=O)=O)[C@H](OC)C4)cc1C(F)(F)F. The van der Waals surface area contributed by atoms with Gasteiger partial charge in [-0.05, 0) is 36.8 Å². The van der Waals surface area contributed by atoms with E-state index in [0.717, 1.165) is 29.3 Å². The van der Waals surface area contributed by atoms with E-state index < -0.39 is 32.7 Å². The zero-order valence-corrected chi connectivity index (χ0v) is 14.7. The summed E-state index contributed by atoms with van der Waals surface area (Å²) in [5.74, 6) is 0.0419. The van der Waals surface area contributed by atoms with Crippen molar-refractivity contribution in [1.29, 1.82) is 0 Å². The second kappa shape index (κ2) is 5.60. The molecule has 3 aliphatic rings. The summed E-state index contributed by atoms with van der Waals surface area (Å²) in [5, 5.41) is -0.596. The van der Waals surface area contributed by atoms with E-state index in [4.69, 9.17) is 11.3 Å². The molecule has 1 aromatic carbocycles. The third-order valence-electron chi connectivity index (χ3n) is 6.06. The molecule has 5 atom stereocenters. The molecule has 3 fully saturated rings. The fourth-order valence-electron chi connectivity index (χ4n) is 5.02. The first kappa shape index (κ1) is 17.6. The minimum Gasteiger partial charge on any atom is -0.381 e. The fourth-order valence-corrected chi connectivity index (χ4v) is 7.58. The van der Waals surface area contributed by atoms with Crippen LogP contribution in [-0.2, 0) is 20.9 Å². The fraction of sp³-hybridized carbons (Fsp3) is 0.588. The Balaban J connectivity index is 1.74. The molecule has 0 N–H and O–H groups in total. The second-order valence-electron chi connectivity index (χ2n) is 7.19. The number of rotatable bonds is 2. The second-order valence-corrected chi connectivity index (χ2v) is 9.20. The van der Waals surface area contributed by atoms with Crippen LogP contribution in [0.1, 0.15) is 18.4 Å². The summed E-state index contributed by atoms with van der Waals surface area (Å²) in [6, 6.07) is 3.11. The minimum atomic E-state index is -4.71. The van der Waals surface area contributed by atoms with Crippen LogP contribution in [0.25, 0.3) is 4.85 Å². The molecule has 0 radical (unpaired) electrons. The largest absolute Gasteiger partial charge is 0.407 e. The Morgan fingerprint density at radius 2 is 2.00 bits per heavy atom. The monoisotopic (exact) mass is 386 g/mol. The highest BCUT2D eigenvalue weighted by atomic mass is 32.2. The third kappa shape index (κ3) is 2.35. The van der Waals surface area contributed by atoms with E-state index in [1.165, 1.54) is 6.07 Å². The first-order valence-electron chi connectivity index (χ1n) is 8.31. The number of nitrogens with zero attached hydrogens (tertiary/aromatic N) is 2. The molecule has 4 rings (SSSR count). The van der Waals surface area contributed by atoms with Gasteiger partial charge in [-0.15, -0.1) is 0 Å². The van der Waals surface area contributed by atoms with Crippen molar-refractivity contribution in [2.75, 3.05) is 18.0 Å². The van der Waals surface area contributed by atoms with E-state index in [2.05, 4.69) is 4.85 Å². The molecule has 0 unspecified atom stereocenters. The number of hydrogen-bond acceptors (Lipinski definition) is 3. The summed E-state index contributed by atoms with van der Waals surface area (Å²) in [5.41, 5.74) is -1.65. The van der Waals surface area contributed by atoms with E-state index in [1.807, 2.05) is 0 Å². The van der Waals surface area contributed by atoms with Crippen molar-refractivity contribution >= 4 is 21.4 Å². The van der Waals surface area contributed by atoms with Crippen molar-refractivity contribution in [2.24, 2.45) is 17.8 Å². The van der Waals surface area contributed by atoms with Gasteiger partial charge < -0.3 is 4.74 Å². The molecule has 2 saturated carbocycles. The minimum absolute atomic E-state index is 0.0208. The molecule has 0 aromatic heterocycles. The molecular weight excluding hydrogens is 369 g/mol. The molecule has 2 bridgehead atoms. The summed E-state index contributed by atoms with van der Waals surface area (Å²) in [4.78, 5) is 2.90. The molecule has 1 aromatic rings. The maximum atomic E-state index is 13.2. The number of anilines is 1. The van der Waals surface area contributed by atoms with Crippen molar-refractivity contribution in [3.8, 4) is 0 Å². The van der Waals surface area contributed by atoms with Crippen molar-refractivity contribution < 1.29 is 26.3 Å². The number of fused-ring (bicyclic) bond motifs is 5. The summed E-state index contributed by atoms with van der Waals surface area (Å²) in [6.07, 6.45) is -3.22. The van der Waals surface area contributed by atoms with E-state index >= 15 is 0 Å². The van der Waals surface area contributed by atoms with Crippen molar-refractivity contribution in [3.63, 3.8) is 0 Å². The quantitative estimate of drug-likeness (QED) is 0.732. The lowest BCUT2D eigenvalue weighted by Crippen LogP contribution is -2.39. The van der Waals surface area contributed by atoms with E-state index in [-0.39, 0.29) is 36.1 Å². The van der Waals surface area contributed by atoms with Gasteiger partial charge in [-0.2, -0.15) is 13.2 Å². The zero-order chi connectivity index (χ0) is 18.9. The maximum Gasteiger partial charge on any atom is 0.407 e. The maximum absolute atomic E-state index is 13.2. The van der Waals surface area contributed by atoms with Gasteiger partial charge in [0.2, 0.25) is 10.0 Å². The van der Waals surface area contributed by atoms with Crippen LogP contribution in [0.4, 0.5) is 24.5 Å². The van der Waals surface area contributed by atoms with Gasteiger partial charge in [0.25, 0.3) is 0 Å². The Kier molecular flexibility index (Phi) is 3.80. The topological polar surface area (TPSA) is 51.0 Å². The first-order valence-corrected chi connectivity index (χ1v) is 9.82. The molecule has 9 heteroatoms. The first-order chi connectivity index (χ1) is 12.2. The van der Waals surface area contributed by atoms with Gasteiger partial charge in [-0.25, -0.2) is 13.3 Å².